The van der Waals surface area contributed by atoms with E-state index in [4.69, 9.17) is 0 Å². The Hall–Kier alpha value is -1.23. The Labute approximate surface area is 77.8 Å². The molecule has 0 bridgehead atoms. The minimum absolute atomic E-state index is 0.349. The Balaban J connectivity index is 2.50. The molecule has 13 heavy (non-hydrogen) atoms. The summed E-state index contributed by atoms with van der Waals surface area (Å²) >= 11 is 0. The van der Waals surface area contributed by atoms with Crippen molar-refractivity contribution in [2.45, 2.75) is 18.9 Å². The first-order valence-corrected chi connectivity index (χ1v) is 4.27. The van der Waals surface area contributed by atoms with Crippen LogP contribution in [0.15, 0.2) is 12.7 Å². The Morgan fingerprint density at radius 3 is 2.92 bits per heavy atom. The summed E-state index contributed by atoms with van der Waals surface area (Å²) in [5.41, 5.74) is 0. The predicted molar refractivity (Wildman–Crippen MR) is 50.2 cm³/mol. The highest BCUT2D eigenvalue weighted by molar-refractivity contribution is 4.87. The van der Waals surface area contributed by atoms with Crippen LogP contribution in [0.3, 0.4) is 0 Å². The molecule has 5 nitrogen and oxygen atoms in total. The lowest BCUT2D eigenvalue weighted by atomic mass is 10.1. The van der Waals surface area contributed by atoms with Crippen molar-refractivity contribution in [3.8, 4) is 0 Å². The van der Waals surface area contributed by atoms with E-state index in [0.717, 1.165) is 18.7 Å². The SMILES string of the molecule is C=CCC(Cc1nnn(C)n1)NC. The van der Waals surface area contributed by atoms with E-state index >= 15 is 0 Å². The van der Waals surface area contributed by atoms with Gasteiger partial charge in [0.15, 0.2) is 5.82 Å². The van der Waals surface area contributed by atoms with Gasteiger partial charge >= 0.3 is 0 Å². The summed E-state index contributed by atoms with van der Waals surface area (Å²) in [5.74, 6) is 0.767. The van der Waals surface area contributed by atoms with Crippen LogP contribution in [0, 0.1) is 0 Å². The number of hydrogen-bond acceptors (Lipinski definition) is 4. The van der Waals surface area contributed by atoms with E-state index in [-0.39, 0.29) is 0 Å². The fourth-order valence-corrected chi connectivity index (χ4v) is 1.13. The molecule has 5 heteroatoms. The van der Waals surface area contributed by atoms with Crippen molar-refractivity contribution in [2.75, 3.05) is 7.05 Å². The molecule has 0 amide bonds. The van der Waals surface area contributed by atoms with Gasteiger partial charge in [0.05, 0.1) is 7.05 Å². The van der Waals surface area contributed by atoms with Crippen LogP contribution in [-0.2, 0) is 13.5 Å². The van der Waals surface area contributed by atoms with Crippen LogP contribution in [-0.4, -0.2) is 33.3 Å². The molecule has 0 saturated carbocycles. The highest BCUT2D eigenvalue weighted by Gasteiger charge is 2.08. The average molecular weight is 181 g/mol. The molecule has 1 unspecified atom stereocenters. The number of rotatable bonds is 5. The van der Waals surface area contributed by atoms with Crippen molar-refractivity contribution in [1.82, 2.24) is 25.5 Å². The fraction of sp³-hybridized carbons (Fsp3) is 0.625. The molecule has 0 aliphatic heterocycles. The molecule has 1 heterocycles. The van der Waals surface area contributed by atoms with Crippen LogP contribution >= 0.6 is 0 Å². The largest absolute Gasteiger partial charge is 0.316 e. The molecule has 1 atom stereocenters. The molecule has 0 radical (unpaired) electrons. The highest BCUT2D eigenvalue weighted by Crippen LogP contribution is 1.99. The molecule has 1 aromatic rings. The van der Waals surface area contributed by atoms with E-state index in [9.17, 15) is 0 Å². The minimum atomic E-state index is 0.349. The molecule has 1 N–H and O–H groups in total. The van der Waals surface area contributed by atoms with Crippen LogP contribution in [0.25, 0.3) is 0 Å². The van der Waals surface area contributed by atoms with Gasteiger partial charge in [-0.15, -0.1) is 16.8 Å². The van der Waals surface area contributed by atoms with Gasteiger partial charge in [-0.2, -0.15) is 4.80 Å². The van der Waals surface area contributed by atoms with Crippen molar-refractivity contribution in [3.05, 3.63) is 18.5 Å². The van der Waals surface area contributed by atoms with E-state index in [1.54, 1.807) is 7.05 Å². The predicted octanol–water partition coefficient (Wildman–Crippen LogP) is -0.0833. The molecule has 1 rings (SSSR count). The van der Waals surface area contributed by atoms with Crippen LogP contribution in [0.5, 0.6) is 0 Å². The summed E-state index contributed by atoms with van der Waals surface area (Å²) in [6.07, 6.45) is 3.59. The smallest absolute Gasteiger partial charge is 0.176 e. The number of hydrogen-bond donors (Lipinski definition) is 1. The summed E-state index contributed by atoms with van der Waals surface area (Å²) in [6.45, 7) is 3.69. The third kappa shape index (κ3) is 2.95. The van der Waals surface area contributed by atoms with E-state index in [2.05, 4.69) is 27.3 Å². The molecule has 0 spiro atoms. The maximum atomic E-state index is 4.10. The Morgan fingerprint density at radius 1 is 1.69 bits per heavy atom. The third-order valence-electron chi connectivity index (χ3n) is 1.84. The fourth-order valence-electron chi connectivity index (χ4n) is 1.13. The molecular weight excluding hydrogens is 166 g/mol. The zero-order chi connectivity index (χ0) is 9.68. The van der Waals surface area contributed by atoms with Crippen LogP contribution in [0.4, 0.5) is 0 Å². The standard InChI is InChI=1S/C8H15N5/c1-4-5-7(9-2)6-8-10-12-13(3)11-8/h4,7,9H,1,5-6H2,2-3H3. The van der Waals surface area contributed by atoms with Gasteiger partial charge in [-0.3, -0.25) is 0 Å². The van der Waals surface area contributed by atoms with Gasteiger partial charge in [0, 0.05) is 12.5 Å². The quantitative estimate of drug-likeness (QED) is 0.645. The molecule has 1 aromatic heterocycles. The van der Waals surface area contributed by atoms with Crippen molar-refractivity contribution < 1.29 is 0 Å². The lowest BCUT2D eigenvalue weighted by molar-refractivity contribution is 0.549. The van der Waals surface area contributed by atoms with Crippen LogP contribution in [0.1, 0.15) is 12.2 Å². The molecule has 72 valence electrons. The number of nitrogens with zero attached hydrogens (tertiary/aromatic N) is 4. The summed E-state index contributed by atoms with van der Waals surface area (Å²) in [4.78, 5) is 1.47. The zero-order valence-corrected chi connectivity index (χ0v) is 8.06. The number of tetrazole rings is 1. The number of aromatic nitrogens is 4. The van der Waals surface area contributed by atoms with E-state index in [1.807, 2.05) is 13.1 Å². The monoisotopic (exact) mass is 181 g/mol. The number of aryl methyl sites for hydroxylation is 1. The third-order valence-corrected chi connectivity index (χ3v) is 1.84. The molecule has 0 fully saturated rings. The van der Waals surface area contributed by atoms with Crippen molar-refractivity contribution in [2.24, 2.45) is 7.05 Å². The van der Waals surface area contributed by atoms with Gasteiger partial charge in [0.2, 0.25) is 0 Å². The van der Waals surface area contributed by atoms with E-state index in [0.29, 0.717) is 6.04 Å². The molecule has 0 aromatic carbocycles. The van der Waals surface area contributed by atoms with E-state index in [1.165, 1.54) is 4.80 Å². The lowest BCUT2D eigenvalue weighted by Gasteiger charge is -2.10. The molecule has 0 aliphatic carbocycles. The van der Waals surface area contributed by atoms with E-state index < -0.39 is 0 Å². The zero-order valence-electron chi connectivity index (χ0n) is 8.06. The van der Waals surface area contributed by atoms with Crippen molar-refractivity contribution in [1.29, 1.82) is 0 Å². The summed E-state index contributed by atoms with van der Waals surface area (Å²) in [7, 11) is 3.68. The minimum Gasteiger partial charge on any atom is -0.316 e. The first-order valence-electron chi connectivity index (χ1n) is 4.27. The number of likely N-dealkylation sites (N-methyl/N-ethyl adjacent to an activating group) is 1. The van der Waals surface area contributed by atoms with Gasteiger partial charge in [-0.25, -0.2) is 0 Å². The number of nitrogens with one attached hydrogen (secondary N) is 1. The van der Waals surface area contributed by atoms with Crippen LogP contribution < -0.4 is 5.32 Å². The van der Waals surface area contributed by atoms with Gasteiger partial charge in [-0.1, -0.05) is 6.08 Å². The van der Waals surface area contributed by atoms with Crippen LogP contribution in [0.2, 0.25) is 0 Å². The Morgan fingerprint density at radius 2 is 2.46 bits per heavy atom. The summed E-state index contributed by atoms with van der Waals surface area (Å²) < 4.78 is 0. The second-order valence-corrected chi connectivity index (χ2v) is 2.91. The van der Waals surface area contributed by atoms with Crippen molar-refractivity contribution >= 4 is 0 Å². The molecule has 0 aliphatic rings. The van der Waals surface area contributed by atoms with Gasteiger partial charge in [-0.05, 0) is 18.7 Å². The first kappa shape index (κ1) is 9.85. The van der Waals surface area contributed by atoms with Crippen molar-refractivity contribution in [3.63, 3.8) is 0 Å². The summed E-state index contributed by atoms with van der Waals surface area (Å²) in [5, 5.41) is 15.0. The molecular formula is C8H15N5. The van der Waals surface area contributed by atoms with Gasteiger partial charge in [0.1, 0.15) is 0 Å². The molecule has 0 saturated heterocycles. The second-order valence-electron chi connectivity index (χ2n) is 2.91. The lowest BCUT2D eigenvalue weighted by Crippen LogP contribution is -2.27. The maximum absolute atomic E-state index is 4.10. The van der Waals surface area contributed by atoms with Gasteiger partial charge in [0.25, 0.3) is 0 Å². The summed E-state index contributed by atoms with van der Waals surface area (Å²) in [6, 6.07) is 0.349. The Bertz CT molecular complexity index is 267. The highest BCUT2D eigenvalue weighted by atomic mass is 15.6. The second kappa shape index (κ2) is 4.71. The normalized spacial score (nSPS) is 12.8. The first-order chi connectivity index (χ1) is 6.26. The van der Waals surface area contributed by atoms with Gasteiger partial charge < -0.3 is 5.32 Å². The average Bonchev–Trinajstić information content (AvgIpc) is 2.50. The maximum Gasteiger partial charge on any atom is 0.176 e. The Kier molecular flexibility index (Phi) is 3.57. The topological polar surface area (TPSA) is 55.6 Å².